The number of imide groups is 1. The van der Waals surface area contributed by atoms with E-state index < -0.39 is 36.2 Å². The van der Waals surface area contributed by atoms with Crippen LogP contribution in [-0.4, -0.2) is 44.9 Å². The van der Waals surface area contributed by atoms with Crippen molar-refractivity contribution in [1.29, 1.82) is 0 Å². The Bertz CT molecular complexity index is 624. The second kappa shape index (κ2) is 5.74. The molecule has 2 rings (SSSR count). The van der Waals surface area contributed by atoms with Crippen molar-refractivity contribution in [2.24, 2.45) is 0 Å². The molecule has 2 amide bonds. The van der Waals surface area contributed by atoms with Crippen molar-refractivity contribution in [1.82, 2.24) is 4.90 Å². The molecule has 0 spiro atoms. The molecule has 7 nitrogen and oxygen atoms in total. The average molecular weight is 291 g/mol. The summed E-state index contributed by atoms with van der Waals surface area (Å²) in [6.07, 6.45) is -0.821. The van der Waals surface area contributed by atoms with Gasteiger partial charge in [0.1, 0.15) is 6.04 Å². The van der Waals surface area contributed by atoms with E-state index in [1.807, 2.05) is 0 Å². The third-order valence-corrected chi connectivity index (χ3v) is 3.31. The molecule has 1 heterocycles. The molecule has 0 saturated heterocycles. The van der Waals surface area contributed by atoms with Crippen LogP contribution in [0.3, 0.4) is 0 Å². The number of amides is 2. The molecule has 0 aliphatic carbocycles. The number of carbonyl (C=O) groups excluding carboxylic acids is 2. The van der Waals surface area contributed by atoms with Gasteiger partial charge in [-0.15, -0.1) is 0 Å². The number of aliphatic carboxylic acids is 2. The Kier molecular flexibility index (Phi) is 4.02. The molecular formula is C14H13NO6. The maximum absolute atomic E-state index is 12.3. The molecule has 1 atom stereocenters. The Morgan fingerprint density at radius 3 is 2.48 bits per heavy atom. The monoisotopic (exact) mass is 291 g/mol. The van der Waals surface area contributed by atoms with E-state index in [9.17, 15) is 24.3 Å². The van der Waals surface area contributed by atoms with Gasteiger partial charge in [-0.05, 0) is 18.1 Å². The minimum absolute atomic E-state index is 0.0707. The van der Waals surface area contributed by atoms with E-state index >= 15 is 0 Å². The molecule has 0 saturated carbocycles. The van der Waals surface area contributed by atoms with E-state index in [1.54, 1.807) is 18.2 Å². The van der Waals surface area contributed by atoms with Gasteiger partial charge in [-0.1, -0.05) is 18.2 Å². The Balaban J connectivity index is 2.33. The summed E-state index contributed by atoms with van der Waals surface area (Å²) in [7, 11) is 0. The summed E-state index contributed by atoms with van der Waals surface area (Å²) < 4.78 is 0. The number of hydrogen-bond acceptors (Lipinski definition) is 4. The first kappa shape index (κ1) is 14.7. The Labute approximate surface area is 119 Å². The van der Waals surface area contributed by atoms with Gasteiger partial charge in [-0.25, -0.2) is 4.79 Å². The van der Waals surface area contributed by atoms with E-state index in [1.165, 1.54) is 6.07 Å². The summed E-state index contributed by atoms with van der Waals surface area (Å²) in [5, 5.41) is 17.8. The first-order valence-electron chi connectivity index (χ1n) is 6.30. The molecule has 1 unspecified atom stereocenters. The highest BCUT2D eigenvalue weighted by Crippen LogP contribution is 2.23. The molecule has 110 valence electrons. The summed E-state index contributed by atoms with van der Waals surface area (Å²) in [4.78, 5) is 46.9. The van der Waals surface area contributed by atoms with Gasteiger partial charge in [0.2, 0.25) is 5.91 Å². The zero-order valence-electron chi connectivity index (χ0n) is 11.0. The van der Waals surface area contributed by atoms with Crippen LogP contribution in [0, 0.1) is 0 Å². The fourth-order valence-electron chi connectivity index (χ4n) is 2.31. The van der Waals surface area contributed by atoms with E-state index in [-0.39, 0.29) is 18.4 Å². The molecule has 0 radical (unpaired) electrons. The highest BCUT2D eigenvalue weighted by atomic mass is 16.4. The minimum Gasteiger partial charge on any atom is -0.481 e. The Morgan fingerprint density at radius 1 is 1.19 bits per heavy atom. The third-order valence-electron chi connectivity index (χ3n) is 3.31. The van der Waals surface area contributed by atoms with Gasteiger partial charge in [-0.2, -0.15) is 0 Å². The molecule has 21 heavy (non-hydrogen) atoms. The highest BCUT2D eigenvalue weighted by Gasteiger charge is 2.39. The first-order valence-corrected chi connectivity index (χ1v) is 6.30. The number of carboxylic acid groups (broad SMARTS) is 2. The SMILES string of the molecule is O=C(O)CCC(C(=O)O)N1C(=O)Cc2ccccc2C1=O. The van der Waals surface area contributed by atoms with Crippen LogP contribution in [0.5, 0.6) is 0 Å². The Hall–Kier alpha value is -2.70. The lowest BCUT2D eigenvalue weighted by molar-refractivity contribution is -0.149. The summed E-state index contributed by atoms with van der Waals surface area (Å²) in [5.41, 5.74) is 0.824. The van der Waals surface area contributed by atoms with Crippen molar-refractivity contribution >= 4 is 23.8 Å². The number of rotatable bonds is 5. The van der Waals surface area contributed by atoms with Crippen LogP contribution < -0.4 is 0 Å². The van der Waals surface area contributed by atoms with Crippen LogP contribution in [-0.2, 0) is 20.8 Å². The predicted octanol–water partition coefficient (Wildman–Crippen LogP) is 0.529. The zero-order valence-corrected chi connectivity index (χ0v) is 11.0. The molecule has 1 aromatic carbocycles. The maximum Gasteiger partial charge on any atom is 0.326 e. The summed E-state index contributed by atoms with van der Waals surface area (Å²) in [6.45, 7) is 0. The zero-order chi connectivity index (χ0) is 15.6. The van der Waals surface area contributed by atoms with Crippen LogP contribution in [0.15, 0.2) is 24.3 Å². The average Bonchev–Trinajstić information content (AvgIpc) is 2.41. The topological polar surface area (TPSA) is 112 Å². The second-order valence-electron chi connectivity index (χ2n) is 4.69. The van der Waals surface area contributed by atoms with Crippen molar-refractivity contribution in [3.05, 3.63) is 35.4 Å². The van der Waals surface area contributed by atoms with Crippen LogP contribution in [0.25, 0.3) is 0 Å². The first-order chi connectivity index (χ1) is 9.91. The van der Waals surface area contributed by atoms with Crippen molar-refractivity contribution < 1.29 is 29.4 Å². The number of nitrogens with zero attached hydrogens (tertiary/aromatic N) is 1. The number of carboxylic acids is 2. The third kappa shape index (κ3) is 2.91. The lowest BCUT2D eigenvalue weighted by Crippen LogP contribution is -2.51. The van der Waals surface area contributed by atoms with Gasteiger partial charge in [-0.3, -0.25) is 19.3 Å². The van der Waals surface area contributed by atoms with E-state index in [0.717, 1.165) is 0 Å². The molecule has 1 aliphatic heterocycles. The van der Waals surface area contributed by atoms with Crippen molar-refractivity contribution in [3.8, 4) is 0 Å². The predicted molar refractivity (Wildman–Crippen MR) is 69.6 cm³/mol. The molecule has 1 aliphatic rings. The lowest BCUT2D eigenvalue weighted by Gasteiger charge is -2.31. The summed E-state index contributed by atoms with van der Waals surface area (Å²) in [6, 6.07) is 5.00. The van der Waals surface area contributed by atoms with Gasteiger partial charge in [0.25, 0.3) is 5.91 Å². The standard InChI is InChI=1S/C14H13NO6/c16-11-7-8-3-1-2-4-9(8)13(19)15(11)10(14(20)21)5-6-12(17)18/h1-4,10H,5-7H2,(H,17,18)(H,20,21). The molecular weight excluding hydrogens is 278 g/mol. The smallest absolute Gasteiger partial charge is 0.326 e. The lowest BCUT2D eigenvalue weighted by atomic mass is 9.96. The van der Waals surface area contributed by atoms with Gasteiger partial charge < -0.3 is 10.2 Å². The second-order valence-corrected chi connectivity index (χ2v) is 4.69. The summed E-state index contributed by atoms with van der Waals surface area (Å²) >= 11 is 0. The normalized spacial score (nSPS) is 15.5. The number of benzene rings is 1. The molecule has 7 heteroatoms. The molecule has 0 aromatic heterocycles. The van der Waals surface area contributed by atoms with Gasteiger partial charge in [0.05, 0.1) is 6.42 Å². The molecule has 1 aromatic rings. The largest absolute Gasteiger partial charge is 0.481 e. The molecule has 0 bridgehead atoms. The molecule has 2 N–H and O–H groups in total. The van der Waals surface area contributed by atoms with Crippen molar-refractivity contribution in [3.63, 3.8) is 0 Å². The highest BCUT2D eigenvalue weighted by molar-refractivity contribution is 6.11. The van der Waals surface area contributed by atoms with Crippen LogP contribution in [0.4, 0.5) is 0 Å². The van der Waals surface area contributed by atoms with Crippen LogP contribution in [0.2, 0.25) is 0 Å². The fourth-order valence-corrected chi connectivity index (χ4v) is 2.31. The maximum atomic E-state index is 12.3. The number of hydrogen-bond donors (Lipinski definition) is 2. The van der Waals surface area contributed by atoms with Crippen LogP contribution in [0.1, 0.15) is 28.8 Å². The fraction of sp³-hybridized carbons (Fsp3) is 0.286. The number of carbonyl (C=O) groups is 4. The van der Waals surface area contributed by atoms with Gasteiger partial charge >= 0.3 is 11.9 Å². The molecule has 0 fully saturated rings. The van der Waals surface area contributed by atoms with E-state index in [4.69, 9.17) is 5.11 Å². The van der Waals surface area contributed by atoms with Crippen molar-refractivity contribution in [2.45, 2.75) is 25.3 Å². The minimum atomic E-state index is -1.46. The van der Waals surface area contributed by atoms with Gasteiger partial charge in [0.15, 0.2) is 0 Å². The van der Waals surface area contributed by atoms with Gasteiger partial charge in [0, 0.05) is 12.0 Å². The summed E-state index contributed by atoms with van der Waals surface area (Å²) in [5.74, 6) is -3.90. The van der Waals surface area contributed by atoms with E-state index in [2.05, 4.69) is 0 Å². The van der Waals surface area contributed by atoms with Crippen LogP contribution >= 0.6 is 0 Å². The quantitative estimate of drug-likeness (QED) is 0.765. The Morgan fingerprint density at radius 2 is 1.86 bits per heavy atom. The number of fused-ring (bicyclic) bond motifs is 1. The van der Waals surface area contributed by atoms with E-state index in [0.29, 0.717) is 10.5 Å². The van der Waals surface area contributed by atoms with Crippen molar-refractivity contribution in [2.75, 3.05) is 0 Å².